The summed E-state index contributed by atoms with van der Waals surface area (Å²) in [5, 5.41) is 3.46. The van der Waals surface area contributed by atoms with Crippen LogP contribution in [0.25, 0.3) is 0 Å². The van der Waals surface area contributed by atoms with E-state index in [2.05, 4.69) is 43.4 Å². The number of fused-ring (bicyclic) bond motifs is 1. The largest absolute Gasteiger partial charge is 0.382 e. The Labute approximate surface area is 91.6 Å². The summed E-state index contributed by atoms with van der Waals surface area (Å²) >= 11 is 0. The summed E-state index contributed by atoms with van der Waals surface area (Å²) in [6.45, 7) is 5.12. The Morgan fingerprint density at radius 1 is 1.33 bits per heavy atom. The zero-order chi connectivity index (χ0) is 10.7. The molecule has 2 heteroatoms. The molecule has 1 unspecified atom stereocenters. The molecule has 0 spiro atoms. The predicted octanol–water partition coefficient (Wildman–Crippen LogP) is 2.84. The Balaban J connectivity index is 2.02. The van der Waals surface area contributed by atoms with Crippen molar-refractivity contribution in [1.82, 2.24) is 0 Å². The number of anilines is 1. The van der Waals surface area contributed by atoms with E-state index in [0.717, 1.165) is 19.4 Å². The smallest absolute Gasteiger partial charge is 0.0754 e. The minimum Gasteiger partial charge on any atom is -0.382 e. The third-order valence-electron chi connectivity index (χ3n) is 2.74. The number of benzene rings is 1. The van der Waals surface area contributed by atoms with Crippen LogP contribution in [0, 0.1) is 0 Å². The maximum atomic E-state index is 5.84. The normalized spacial score (nSPS) is 20.6. The summed E-state index contributed by atoms with van der Waals surface area (Å²) in [5.74, 6) is 0. The van der Waals surface area contributed by atoms with E-state index in [4.69, 9.17) is 4.74 Å². The van der Waals surface area contributed by atoms with Gasteiger partial charge in [0, 0.05) is 12.2 Å². The van der Waals surface area contributed by atoms with Gasteiger partial charge in [-0.15, -0.1) is 0 Å². The van der Waals surface area contributed by atoms with Gasteiger partial charge in [-0.05, 0) is 38.3 Å². The van der Waals surface area contributed by atoms with Gasteiger partial charge in [0.15, 0.2) is 0 Å². The van der Waals surface area contributed by atoms with Crippen molar-refractivity contribution in [2.75, 3.05) is 11.9 Å². The molecule has 0 saturated carbocycles. The van der Waals surface area contributed by atoms with Crippen molar-refractivity contribution in [2.45, 2.75) is 38.9 Å². The predicted molar refractivity (Wildman–Crippen MR) is 63.3 cm³/mol. The van der Waals surface area contributed by atoms with Gasteiger partial charge in [0.1, 0.15) is 0 Å². The third kappa shape index (κ3) is 2.72. The quantitative estimate of drug-likeness (QED) is 0.801. The van der Waals surface area contributed by atoms with Crippen LogP contribution in [0.3, 0.4) is 0 Å². The van der Waals surface area contributed by atoms with E-state index in [-0.39, 0.29) is 0 Å². The molecular formula is C13H19NO. The molecule has 0 fully saturated rings. The highest BCUT2D eigenvalue weighted by Crippen LogP contribution is 2.22. The van der Waals surface area contributed by atoms with Crippen molar-refractivity contribution in [3.05, 3.63) is 29.8 Å². The molecule has 0 bridgehead atoms. The van der Waals surface area contributed by atoms with Crippen LogP contribution in [0.2, 0.25) is 0 Å². The molecule has 0 aliphatic carbocycles. The molecule has 2 nitrogen and oxygen atoms in total. The van der Waals surface area contributed by atoms with Crippen LogP contribution in [-0.2, 0) is 11.2 Å². The molecule has 82 valence electrons. The van der Waals surface area contributed by atoms with Gasteiger partial charge < -0.3 is 10.1 Å². The number of rotatable bonds is 2. The van der Waals surface area contributed by atoms with Gasteiger partial charge in [-0.1, -0.05) is 18.2 Å². The van der Waals surface area contributed by atoms with Gasteiger partial charge in [0.05, 0.1) is 12.2 Å². The first-order valence-corrected chi connectivity index (χ1v) is 5.73. The topological polar surface area (TPSA) is 21.3 Å². The van der Waals surface area contributed by atoms with Crippen LogP contribution >= 0.6 is 0 Å². The van der Waals surface area contributed by atoms with E-state index in [0.29, 0.717) is 12.2 Å². The first-order valence-electron chi connectivity index (χ1n) is 5.73. The second-order valence-corrected chi connectivity index (χ2v) is 4.38. The minimum absolute atomic E-state index is 0.318. The Morgan fingerprint density at radius 3 is 2.93 bits per heavy atom. The molecule has 1 atom stereocenters. The van der Waals surface area contributed by atoms with Crippen molar-refractivity contribution in [2.24, 2.45) is 0 Å². The second kappa shape index (κ2) is 4.67. The zero-order valence-corrected chi connectivity index (χ0v) is 9.49. The fourth-order valence-electron chi connectivity index (χ4n) is 2.05. The highest BCUT2D eigenvalue weighted by atomic mass is 16.5. The lowest BCUT2D eigenvalue weighted by molar-refractivity contribution is 0.0121. The summed E-state index contributed by atoms with van der Waals surface area (Å²) in [7, 11) is 0. The van der Waals surface area contributed by atoms with Crippen LogP contribution in [0.5, 0.6) is 0 Å². The molecule has 0 amide bonds. The summed E-state index contributed by atoms with van der Waals surface area (Å²) in [5.41, 5.74) is 2.68. The van der Waals surface area contributed by atoms with Crippen LogP contribution in [-0.4, -0.2) is 18.8 Å². The molecule has 2 rings (SSSR count). The summed E-state index contributed by atoms with van der Waals surface area (Å²) in [4.78, 5) is 0. The lowest BCUT2D eigenvalue weighted by atomic mass is 10.1. The van der Waals surface area contributed by atoms with Gasteiger partial charge in [-0.2, -0.15) is 0 Å². The van der Waals surface area contributed by atoms with Crippen molar-refractivity contribution in [3.63, 3.8) is 0 Å². The van der Waals surface area contributed by atoms with Crippen molar-refractivity contribution in [1.29, 1.82) is 0 Å². The maximum absolute atomic E-state index is 5.84. The van der Waals surface area contributed by atoms with E-state index in [9.17, 15) is 0 Å². The number of ether oxygens (including phenoxy) is 1. The fraction of sp³-hybridized carbons (Fsp3) is 0.538. The summed E-state index contributed by atoms with van der Waals surface area (Å²) in [6, 6.07) is 8.52. The fourth-order valence-corrected chi connectivity index (χ4v) is 2.05. The van der Waals surface area contributed by atoms with Gasteiger partial charge in [-0.25, -0.2) is 0 Å². The Morgan fingerprint density at radius 2 is 2.13 bits per heavy atom. The molecular weight excluding hydrogens is 186 g/mol. The Bertz CT molecular complexity index is 295. The maximum Gasteiger partial charge on any atom is 0.0754 e. The molecule has 0 radical (unpaired) electrons. The highest BCUT2D eigenvalue weighted by Gasteiger charge is 2.16. The van der Waals surface area contributed by atoms with Gasteiger partial charge >= 0.3 is 0 Å². The first kappa shape index (κ1) is 10.5. The summed E-state index contributed by atoms with van der Waals surface area (Å²) < 4.78 is 5.84. The second-order valence-electron chi connectivity index (χ2n) is 4.38. The number of hydrogen-bond acceptors (Lipinski definition) is 2. The average Bonchev–Trinajstić information content (AvgIpc) is 2.41. The molecule has 1 aliphatic rings. The highest BCUT2D eigenvalue weighted by molar-refractivity contribution is 5.51. The zero-order valence-electron chi connectivity index (χ0n) is 9.49. The molecule has 1 aliphatic heterocycles. The molecule has 1 heterocycles. The number of nitrogens with one attached hydrogen (secondary N) is 1. The number of aryl methyl sites for hydroxylation is 1. The van der Waals surface area contributed by atoms with Crippen LogP contribution in [0.1, 0.15) is 25.8 Å². The molecule has 1 N–H and O–H groups in total. The Hall–Kier alpha value is -1.02. The van der Waals surface area contributed by atoms with Crippen LogP contribution < -0.4 is 5.32 Å². The van der Waals surface area contributed by atoms with E-state index in [1.165, 1.54) is 11.3 Å². The van der Waals surface area contributed by atoms with E-state index in [1.807, 2.05) is 0 Å². The molecule has 0 aromatic heterocycles. The number of hydrogen-bond donors (Lipinski definition) is 1. The monoisotopic (exact) mass is 205 g/mol. The van der Waals surface area contributed by atoms with Gasteiger partial charge in [0.2, 0.25) is 0 Å². The summed E-state index contributed by atoms with van der Waals surface area (Å²) in [6.07, 6.45) is 2.89. The average molecular weight is 205 g/mol. The minimum atomic E-state index is 0.318. The molecule has 1 aromatic rings. The number of para-hydroxylation sites is 1. The standard InChI is InChI=1S/C13H19NO/c1-10(2)15-12-8-7-11-5-3-4-6-13(11)14-9-12/h3-6,10,12,14H,7-9H2,1-2H3. The van der Waals surface area contributed by atoms with E-state index in [1.54, 1.807) is 0 Å². The first-order chi connectivity index (χ1) is 7.25. The lowest BCUT2D eigenvalue weighted by Gasteiger charge is -2.18. The molecule has 0 saturated heterocycles. The third-order valence-corrected chi connectivity index (χ3v) is 2.74. The van der Waals surface area contributed by atoms with E-state index < -0.39 is 0 Å². The van der Waals surface area contributed by atoms with Gasteiger partial charge in [0.25, 0.3) is 0 Å². The SMILES string of the molecule is CC(C)OC1CCc2ccccc2NC1. The van der Waals surface area contributed by atoms with Crippen LogP contribution in [0.15, 0.2) is 24.3 Å². The van der Waals surface area contributed by atoms with Gasteiger partial charge in [-0.3, -0.25) is 0 Å². The Kier molecular flexibility index (Phi) is 3.27. The van der Waals surface area contributed by atoms with Crippen molar-refractivity contribution >= 4 is 5.69 Å². The van der Waals surface area contributed by atoms with Crippen molar-refractivity contribution < 1.29 is 4.74 Å². The molecule has 1 aromatic carbocycles. The van der Waals surface area contributed by atoms with E-state index >= 15 is 0 Å². The lowest BCUT2D eigenvalue weighted by Crippen LogP contribution is -2.25. The molecule has 15 heavy (non-hydrogen) atoms. The van der Waals surface area contributed by atoms with Crippen LogP contribution in [0.4, 0.5) is 5.69 Å². The van der Waals surface area contributed by atoms with Crippen molar-refractivity contribution in [3.8, 4) is 0 Å².